The first-order chi connectivity index (χ1) is 11.1. The van der Waals surface area contributed by atoms with Crippen LogP contribution in [0.2, 0.25) is 0 Å². The zero-order valence-corrected chi connectivity index (χ0v) is 15.0. The molecule has 0 spiro atoms. The van der Waals surface area contributed by atoms with Crippen molar-refractivity contribution in [2.24, 2.45) is 4.99 Å². The molecule has 5 heteroatoms. The van der Waals surface area contributed by atoms with Gasteiger partial charge in [-0.05, 0) is 26.5 Å². The van der Waals surface area contributed by atoms with Crippen molar-refractivity contribution < 1.29 is 0 Å². The molecule has 0 bridgehead atoms. The number of nitrogens with one attached hydrogen (secondary N) is 2. The molecule has 0 saturated carbocycles. The summed E-state index contributed by atoms with van der Waals surface area (Å²) in [5.74, 6) is 0.868. The largest absolute Gasteiger partial charge is 0.355 e. The minimum absolute atomic E-state index is 0.515. The lowest BCUT2D eigenvalue weighted by atomic mass is 10.1. The van der Waals surface area contributed by atoms with Crippen molar-refractivity contribution in [2.45, 2.75) is 26.4 Å². The first kappa shape index (κ1) is 17.8. The van der Waals surface area contributed by atoms with Gasteiger partial charge >= 0.3 is 0 Å². The second-order valence-electron chi connectivity index (χ2n) is 6.48. The SMILES string of the molecule is CN=C(NCc1cccc(C)c1)NCC(C)N1CCN(C)CC1. The highest BCUT2D eigenvalue weighted by Crippen LogP contribution is 2.05. The minimum atomic E-state index is 0.515. The molecule has 0 aromatic heterocycles. The summed E-state index contributed by atoms with van der Waals surface area (Å²) < 4.78 is 0. The standard InChI is InChI=1S/C18H31N5/c1-15-6-5-7-17(12-15)14-21-18(19-3)20-13-16(2)23-10-8-22(4)9-11-23/h5-7,12,16H,8-11,13-14H2,1-4H3,(H2,19,20,21). The van der Waals surface area contributed by atoms with E-state index in [1.54, 1.807) is 0 Å². The van der Waals surface area contributed by atoms with Gasteiger partial charge in [-0.1, -0.05) is 29.8 Å². The van der Waals surface area contributed by atoms with E-state index in [1.165, 1.54) is 11.1 Å². The van der Waals surface area contributed by atoms with Gasteiger partial charge in [-0.25, -0.2) is 0 Å². The fraction of sp³-hybridized carbons (Fsp3) is 0.611. The predicted octanol–water partition coefficient (Wildman–Crippen LogP) is 1.30. The van der Waals surface area contributed by atoms with E-state index in [1.807, 2.05) is 7.05 Å². The van der Waals surface area contributed by atoms with Crippen molar-refractivity contribution >= 4 is 5.96 Å². The van der Waals surface area contributed by atoms with Crippen LogP contribution in [0.4, 0.5) is 0 Å². The molecule has 2 rings (SSSR count). The Morgan fingerprint density at radius 3 is 2.61 bits per heavy atom. The van der Waals surface area contributed by atoms with Gasteiger partial charge in [-0.3, -0.25) is 9.89 Å². The van der Waals surface area contributed by atoms with E-state index >= 15 is 0 Å². The summed E-state index contributed by atoms with van der Waals surface area (Å²) in [6.45, 7) is 10.7. The monoisotopic (exact) mass is 317 g/mol. The predicted molar refractivity (Wildman–Crippen MR) is 97.9 cm³/mol. The molecule has 1 fully saturated rings. The third-order valence-electron chi connectivity index (χ3n) is 4.49. The Hall–Kier alpha value is -1.59. The molecule has 1 unspecified atom stereocenters. The second kappa shape index (κ2) is 8.89. The smallest absolute Gasteiger partial charge is 0.191 e. The average molecular weight is 317 g/mol. The van der Waals surface area contributed by atoms with Crippen LogP contribution in [-0.2, 0) is 6.54 Å². The molecule has 1 heterocycles. The van der Waals surface area contributed by atoms with Gasteiger partial charge in [0.25, 0.3) is 0 Å². The highest BCUT2D eigenvalue weighted by molar-refractivity contribution is 5.79. The first-order valence-electron chi connectivity index (χ1n) is 8.51. The Kier molecular flexibility index (Phi) is 6.86. The Morgan fingerprint density at radius 1 is 1.22 bits per heavy atom. The summed E-state index contributed by atoms with van der Waals surface area (Å²) >= 11 is 0. The Morgan fingerprint density at radius 2 is 1.96 bits per heavy atom. The van der Waals surface area contributed by atoms with Gasteiger partial charge in [0.05, 0.1) is 0 Å². The van der Waals surface area contributed by atoms with Gasteiger partial charge in [0, 0.05) is 52.4 Å². The van der Waals surface area contributed by atoms with Gasteiger partial charge < -0.3 is 15.5 Å². The average Bonchev–Trinajstić information content (AvgIpc) is 2.55. The zero-order valence-electron chi connectivity index (χ0n) is 15.0. The van der Waals surface area contributed by atoms with Crippen molar-refractivity contribution in [1.29, 1.82) is 0 Å². The number of piperazine rings is 1. The summed E-state index contributed by atoms with van der Waals surface area (Å²) in [6.07, 6.45) is 0. The molecule has 1 aromatic carbocycles. The van der Waals surface area contributed by atoms with Gasteiger partial charge in [0.15, 0.2) is 5.96 Å². The molecular weight excluding hydrogens is 286 g/mol. The van der Waals surface area contributed by atoms with Crippen LogP contribution in [0.25, 0.3) is 0 Å². The van der Waals surface area contributed by atoms with E-state index < -0.39 is 0 Å². The maximum Gasteiger partial charge on any atom is 0.191 e. The maximum atomic E-state index is 4.32. The summed E-state index contributed by atoms with van der Waals surface area (Å²) in [5, 5.41) is 6.84. The zero-order chi connectivity index (χ0) is 16.7. The summed E-state index contributed by atoms with van der Waals surface area (Å²) in [6, 6.07) is 9.07. The van der Waals surface area contributed by atoms with E-state index in [-0.39, 0.29) is 0 Å². The van der Waals surface area contributed by atoms with E-state index in [9.17, 15) is 0 Å². The Labute approximate surface area is 140 Å². The van der Waals surface area contributed by atoms with E-state index in [0.717, 1.165) is 45.2 Å². The lowest BCUT2D eigenvalue weighted by Gasteiger charge is -2.36. The lowest BCUT2D eigenvalue weighted by Crippen LogP contribution is -2.52. The number of rotatable bonds is 5. The van der Waals surface area contributed by atoms with Crippen molar-refractivity contribution in [3.05, 3.63) is 35.4 Å². The fourth-order valence-corrected chi connectivity index (χ4v) is 2.86. The number of hydrogen-bond acceptors (Lipinski definition) is 3. The highest BCUT2D eigenvalue weighted by atomic mass is 15.3. The van der Waals surface area contributed by atoms with Crippen molar-refractivity contribution in [2.75, 3.05) is 46.8 Å². The van der Waals surface area contributed by atoms with E-state index in [4.69, 9.17) is 0 Å². The van der Waals surface area contributed by atoms with Crippen LogP contribution >= 0.6 is 0 Å². The van der Waals surface area contributed by atoms with Crippen LogP contribution in [0.3, 0.4) is 0 Å². The van der Waals surface area contributed by atoms with Gasteiger partial charge in [0.1, 0.15) is 0 Å². The number of hydrogen-bond donors (Lipinski definition) is 2. The first-order valence-corrected chi connectivity index (χ1v) is 8.51. The van der Waals surface area contributed by atoms with Crippen molar-refractivity contribution in [1.82, 2.24) is 20.4 Å². The molecule has 1 atom stereocenters. The topological polar surface area (TPSA) is 42.9 Å². The minimum Gasteiger partial charge on any atom is -0.355 e. The van der Waals surface area contributed by atoms with Crippen LogP contribution in [0.1, 0.15) is 18.1 Å². The number of guanidine groups is 1. The van der Waals surface area contributed by atoms with Crippen LogP contribution in [-0.4, -0.2) is 68.6 Å². The molecule has 23 heavy (non-hydrogen) atoms. The summed E-state index contributed by atoms with van der Waals surface area (Å²) in [7, 11) is 4.02. The third kappa shape index (κ3) is 5.84. The van der Waals surface area contributed by atoms with Gasteiger partial charge in [-0.15, -0.1) is 0 Å². The fourth-order valence-electron chi connectivity index (χ4n) is 2.86. The number of likely N-dealkylation sites (N-methyl/N-ethyl adjacent to an activating group) is 1. The van der Waals surface area contributed by atoms with Crippen molar-refractivity contribution in [3.63, 3.8) is 0 Å². The molecule has 0 aliphatic carbocycles. The molecule has 1 saturated heterocycles. The number of aryl methyl sites for hydroxylation is 1. The van der Waals surface area contributed by atoms with E-state index in [0.29, 0.717) is 6.04 Å². The maximum absolute atomic E-state index is 4.32. The normalized spacial score (nSPS) is 18.7. The highest BCUT2D eigenvalue weighted by Gasteiger charge is 2.18. The molecule has 1 aliphatic heterocycles. The molecule has 1 aromatic rings. The van der Waals surface area contributed by atoms with Crippen LogP contribution in [0, 0.1) is 6.92 Å². The summed E-state index contributed by atoms with van der Waals surface area (Å²) in [4.78, 5) is 9.25. The quantitative estimate of drug-likeness (QED) is 0.634. The molecular formula is C18H31N5. The summed E-state index contributed by atoms with van der Waals surface area (Å²) in [5.41, 5.74) is 2.57. The van der Waals surface area contributed by atoms with Crippen molar-refractivity contribution in [3.8, 4) is 0 Å². The Bertz CT molecular complexity index is 506. The number of aliphatic imine (C=N–C) groups is 1. The number of benzene rings is 1. The molecule has 1 aliphatic rings. The van der Waals surface area contributed by atoms with Crippen LogP contribution in [0.5, 0.6) is 0 Å². The molecule has 5 nitrogen and oxygen atoms in total. The van der Waals surface area contributed by atoms with Crippen LogP contribution < -0.4 is 10.6 Å². The third-order valence-corrected chi connectivity index (χ3v) is 4.49. The molecule has 2 N–H and O–H groups in total. The lowest BCUT2D eigenvalue weighted by molar-refractivity contribution is 0.120. The van der Waals surface area contributed by atoms with Gasteiger partial charge in [-0.2, -0.15) is 0 Å². The molecule has 0 amide bonds. The number of nitrogens with zero attached hydrogens (tertiary/aromatic N) is 3. The van der Waals surface area contributed by atoms with Crippen LogP contribution in [0.15, 0.2) is 29.3 Å². The van der Waals surface area contributed by atoms with E-state index in [2.05, 4.69) is 70.6 Å². The Balaban J connectivity index is 1.74. The second-order valence-corrected chi connectivity index (χ2v) is 6.48. The molecule has 0 radical (unpaired) electrons. The van der Waals surface area contributed by atoms with Gasteiger partial charge in [0.2, 0.25) is 0 Å². The molecule has 128 valence electrons.